The largest absolute Gasteiger partial charge is 0.310 e. The summed E-state index contributed by atoms with van der Waals surface area (Å²) in [5.41, 5.74) is 16.6. The van der Waals surface area contributed by atoms with Crippen LogP contribution in [-0.2, 0) is 5.41 Å². The Bertz CT molecular complexity index is 2780. The molecule has 0 bridgehead atoms. The summed E-state index contributed by atoms with van der Waals surface area (Å²) in [4.78, 5) is 2.49. The molecule has 0 atom stereocenters. The molecule has 1 heteroatoms. The van der Waals surface area contributed by atoms with Gasteiger partial charge in [0.2, 0.25) is 0 Å². The van der Waals surface area contributed by atoms with Crippen LogP contribution in [0, 0.1) is 6.92 Å². The molecule has 0 saturated carbocycles. The zero-order valence-corrected chi connectivity index (χ0v) is 30.7. The third-order valence-electron chi connectivity index (χ3n) is 11.5. The molecule has 0 radical (unpaired) electrons. The van der Waals surface area contributed by atoms with E-state index in [1.165, 1.54) is 72.0 Å². The van der Waals surface area contributed by atoms with Crippen molar-refractivity contribution in [2.75, 3.05) is 4.90 Å². The highest BCUT2D eigenvalue weighted by molar-refractivity contribution is 6.06. The van der Waals surface area contributed by atoms with E-state index in [4.69, 9.17) is 0 Å². The Balaban J connectivity index is 1.30. The van der Waals surface area contributed by atoms with Gasteiger partial charge in [0.1, 0.15) is 0 Å². The Morgan fingerprint density at radius 3 is 1.71 bits per heavy atom. The van der Waals surface area contributed by atoms with Crippen LogP contribution in [0.1, 0.15) is 27.8 Å². The Kier molecular flexibility index (Phi) is 8.00. The molecule has 1 nitrogen and oxygen atoms in total. The van der Waals surface area contributed by atoms with Gasteiger partial charge in [-0.2, -0.15) is 0 Å². The topological polar surface area (TPSA) is 3.24 Å². The summed E-state index contributed by atoms with van der Waals surface area (Å²) in [5.74, 6) is 0. The molecule has 0 fully saturated rings. The van der Waals surface area contributed by atoms with Gasteiger partial charge in [0, 0.05) is 16.9 Å². The zero-order chi connectivity index (χ0) is 36.8. The highest BCUT2D eigenvalue weighted by Crippen LogP contribution is 2.57. The minimum Gasteiger partial charge on any atom is -0.310 e. The van der Waals surface area contributed by atoms with Gasteiger partial charge >= 0.3 is 0 Å². The molecule has 0 aromatic heterocycles. The molecular formula is C54H39N. The van der Waals surface area contributed by atoms with E-state index in [1.54, 1.807) is 0 Å². The quantitative estimate of drug-likeness (QED) is 0.160. The summed E-state index contributed by atoms with van der Waals surface area (Å²) in [6.45, 7) is 2.22. The van der Waals surface area contributed by atoms with E-state index in [1.807, 2.05) is 0 Å². The fourth-order valence-electron chi connectivity index (χ4n) is 9.04. The standard InChI is InChI=1S/C54H39N/c1-38-18-11-13-28-46(38)53-47-29-14-12-21-40(47)32-35-52(53)55(44-27-17-22-41(36-44)39-19-5-2-6-20-39)45-33-34-49-48-30-15-16-31-50(48)54(51(49)37-45,42-23-7-3-8-24-42)43-25-9-4-10-26-43/h2-37H,1H3. The van der Waals surface area contributed by atoms with Gasteiger partial charge in [0.05, 0.1) is 11.1 Å². The van der Waals surface area contributed by atoms with Crippen LogP contribution in [0.4, 0.5) is 17.1 Å². The van der Waals surface area contributed by atoms with E-state index in [9.17, 15) is 0 Å². The molecule has 0 aliphatic heterocycles. The van der Waals surface area contributed by atoms with Crippen molar-refractivity contribution in [3.05, 3.63) is 246 Å². The molecule has 260 valence electrons. The lowest BCUT2D eigenvalue weighted by Crippen LogP contribution is -2.28. The zero-order valence-electron chi connectivity index (χ0n) is 30.7. The fourth-order valence-corrected chi connectivity index (χ4v) is 9.04. The summed E-state index contributed by atoms with van der Waals surface area (Å²) in [5, 5.41) is 2.45. The molecule has 0 spiro atoms. The molecular weight excluding hydrogens is 663 g/mol. The summed E-state index contributed by atoms with van der Waals surface area (Å²) in [6.07, 6.45) is 0. The summed E-state index contributed by atoms with van der Waals surface area (Å²) < 4.78 is 0. The SMILES string of the molecule is Cc1ccccc1-c1c(N(c2cccc(-c3ccccc3)c2)c2ccc3c(c2)C(c2ccccc2)(c2ccccc2)c2ccccc2-3)ccc2ccccc12. The molecule has 0 amide bonds. The van der Waals surface area contributed by atoms with Crippen molar-refractivity contribution in [3.63, 3.8) is 0 Å². The first-order valence-corrected chi connectivity index (χ1v) is 19.1. The van der Waals surface area contributed by atoms with E-state index in [2.05, 4.69) is 230 Å². The monoisotopic (exact) mass is 701 g/mol. The van der Waals surface area contributed by atoms with Gasteiger partial charge in [0.25, 0.3) is 0 Å². The van der Waals surface area contributed by atoms with Gasteiger partial charge < -0.3 is 4.90 Å². The van der Waals surface area contributed by atoms with E-state index in [-0.39, 0.29) is 0 Å². The van der Waals surface area contributed by atoms with Crippen LogP contribution in [0.5, 0.6) is 0 Å². The third-order valence-corrected chi connectivity index (χ3v) is 11.5. The van der Waals surface area contributed by atoms with Crippen molar-refractivity contribution in [1.29, 1.82) is 0 Å². The number of fused-ring (bicyclic) bond motifs is 4. The average Bonchev–Trinajstić information content (AvgIpc) is 3.55. The van der Waals surface area contributed by atoms with Crippen LogP contribution in [0.15, 0.2) is 218 Å². The predicted octanol–water partition coefficient (Wildman–Crippen LogP) is 14.3. The first-order chi connectivity index (χ1) is 27.2. The van der Waals surface area contributed by atoms with Gasteiger partial charge in [-0.3, -0.25) is 0 Å². The van der Waals surface area contributed by atoms with Gasteiger partial charge in [-0.1, -0.05) is 188 Å². The smallest absolute Gasteiger partial charge is 0.0714 e. The normalized spacial score (nSPS) is 12.6. The lowest BCUT2D eigenvalue weighted by Gasteiger charge is -2.35. The van der Waals surface area contributed by atoms with Gasteiger partial charge in [-0.05, 0) is 104 Å². The van der Waals surface area contributed by atoms with E-state index >= 15 is 0 Å². The lowest BCUT2D eigenvalue weighted by atomic mass is 9.67. The predicted molar refractivity (Wildman–Crippen MR) is 232 cm³/mol. The molecule has 0 heterocycles. The fraction of sp³-hybridized carbons (Fsp3) is 0.0370. The van der Waals surface area contributed by atoms with Crippen molar-refractivity contribution in [2.45, 2.75) is 12.3 Å². The second-order valence-corrected chi connectivity index (χ2v) is 14.5. The van der Waals surface area contributed by atoms with Gasteiger partial charge in [-0.15, -0.1) is 0 Å². The van der Waals surface area contributed by atoms with Crippen molar-refractivity contribution in [2.24, 2.45) is 0 Å². The van der Waals surface area contributed by atoms with Gasteiger partial charge in [-0.25, -0.2) is 0 Å². The number of rotatable bonds is 7. The molecule has 10 rings (SSSR count). The molecule has 1 aliphatic carbocycles. The minimum absolute atomic E-state index is 0.510. The van der Waals surface area contributed by atoms with Crippen molar-refractivity contribution < 1.29 is 0 Å². The number of benzene rings is 9. The van der Waals surface area contributed by atoms with Crippen LogP contribution >= 0.6 is 0 Å². The first-order valence-electron chi connectivity index (χ1n) is 19.1. The Morgan fingerprint density at radius 1 is 0.382 bits per heavy atom. The van der Waals surface area contributed by atoms with Crippen molar-refractivity contribution in [3.8, 4) is 33.4 Å². The number of hydrogen-bond acceptors (Lipinski definition) is 1. The highest BCUT2D eigenvalue weighted by atomic mass is 15.1. The molecule has 0 N–H and O–H groups in total. The highest BCUT2D eigenvalue weighted by Gasteiger charge is 2.46. The first kappa shape index (κ1) is 32.7. The maximum absolute atomic E-state index is 2.49. The van der Waals surface area contributed by atoms with E-state index in [0.29, 0.717) is 0 Å². The maximum Gasteiger partial charge on any atom is 0.0714 e. The third kappa shape index (κ3) is 5.31. The molecule has 9 aromatic carbocycles. The molecule has 9 aromatic rings. The molecule has 1 aliphatic rings. The van der Waals surface area contributed by atoms with E-state index < -0.39 is 5.41 Å². The second kappa shape index (κ2) is 13.5. The second-order valence-electron chi connectivity index (χ2n) is 14.5. The lowest BCUT2D eigenvalue weighted by molar-refractivity contribution is 0.768. The maximum atomic E-state index is 2.49. The van der Waals surface area contributed by atoms with Crippen LogP contribution in [0.25, 0.3) is 44.2 Å². The minimum atomic E-state index is -0.510. The number of anilines is 3. The number of hydrogen-bond donors (Lipinski definition) is 0. The summed E-state index contributed by atoms with van der Waals surface area (Å²) >= 11 is 0. The van der Waals surface area contributed by atoms with Crippen LogP contribution in [-0.4, -0.2) is 0 Å². The summed E-state index contributed by atoms with van der Waals surface area (Å²) in [6, 6.07) is 80.2. The summed E-state index contributed by atoms with van der Waals surface area (Å²) in [7, 11) is 0. The number of aryl methyl sites for hydroxylation is 1. The van der Waals surface area contributed by atoms with Crippen LogP contribution in [0.3, 0.4) is 0 Å². The van der Waals surface area contributed by atoms with Crippen molar-refractivity contribution >= 4 is 27.8 Å². The van der Waals surface area contributed by atoms with Crippen molar-refractivity contribution in [1.82, 2.24) is 0 Å². The average molecular weight is 702 g/mol. The van der Waals surface area contributed by atoms with Gasteiger partial charge in [0.15, 0.2) is 0 Å². The Morgan fingerprint density at radius 2 is 0.964 bits per heavy atom. The molecule has 0 unspecified atom stereocenters. The van der Waals surface area contributed by atoms with E-state index in [0.717, 1.165) is 17.1 Å². The Hall–Kier alpha value is -6.96. The number of nitrogens with zero attached hydrogens (tertiary/aromatic N) is 1. The van der Waals surface area contributed by atoms with Crippen LogP contribution in [0.2, 0.25) is 0 Å². The Labute approximate surface area is 323 Å². The molecule has 55 heavy (non-hydrogen) atoms. The van der Waals surface area contributed by atoms with Crippen LogP contribution < -0.4 is 4.90 Å². The molecule has 0 saturated heterocycles.